The SMILES string of the molecule is CN=C(NCc1cc2c(cc1OC)CC(C)O2)NC(C)c1ccc(OC)c(F)c1.I. The molecule has 0 bridgehead atoms. The van der Waals surface area contributed by atoms with Gasteiger partial charge in [0.2, 0.25) is 0 Å². The zero-order valence-corrected chi connectivity index (χ0v) is 20.2. The lowest BCUT2D eigenvalue weighted by molar-refractivity contribution is 0.254. The van der Waals surface area contributed by atoms with Crippen molar-refractivity contribution in [2.75, 3.05) is 21.3 Å². The third kappa shape index (κ3) is 5.47. The molecule has 8 heteroatoms. The summed E-state index contributed by atoms with van der Waals surface area (Å²) in [7, 11) is 4.81. The Balaban J connectivity index is 0.00000320. The van der Waals surface area contributed by atoms with Crippen LogP contribution in [-0.2, 0) is 13.0 Å². The van der Waals surface area contributed by atoms with Gasteiger partial charge in [-0.05, 0) is 43.7 Å². The summed E-state index contributed by atoms with van der Waals surface area (Å²) in [6.45, 7) is 4.51. The summed E-state index contributed by atoms with van der Waals surface area (Å²) in [6, 6.07) is 8.82. The number of rotatable bonds is 6. The van der Waals surface area contributed by atoms with E-state index in [1.165, 1.54) is 13.2 Å². The van der Waals surface area contributed by atoms with Gasteiger partial charge < -0.3 is 24.8 Å². The molecule has 2 atom stereocenters. The van der Waals surface area contributed by atoms with Crippen molar-refractivity contribution in [3.63, 3.8) is 0 Å². The van der Waals surface area contributed by atoms with Gasteiger partial charge in [0, 0.05) is 31.1 Å². The number of fused-ring (bicyclic) bond motifs is 1. The van der Waals surface area contributed by atoms with Gasteiger partial charge in [0.15, 0.2) is 17.5 Å². The van der Waals surface area contributed by atoms with E-state index in [0.717, 1.165) is 34.6 Å². The molecule has 0 radical (unpaired) electrons. The maximum atomic E-state index is 14.0. The molecule has 3 rings (SSSR count). The maximum Gasteiger partial charge on any atom is 0.191 e. The monoisotopic (exact) mass is 529 g/mol. The van der Waals surface area contributed by atoms with Crippen LogP contribution in [0.4, 0.5) is 4.39 Å². The summed E-state index contributed by atoms with van der Waals surface area (Å²) < 4.78 is 30.4. The van der Waals surface area contributed by atoms with Crippen LogP contribution in [0.15, 0.2) is 35.3 Å². The smallest absolute Gasteiger partial charge is 0.191 e. The highest BCUT2D eigenvalue weighted by molar-refractivity contribution is 14.0. The van der Waals surface area contributed by atoms with E-state index >= 15 is 0 Å². The Hall–Kier alpha value is -2.23. The lowest BCUT2D eigenvalue weighted by Crippen LogP contribution is -2.38. The van der Waals surface area contributed by atoms with Crippen LogP contribution in [0.1, 0.15) is 36.6 Å². The van der Waals surface area contributed by atoms with Gasteiger partial charge in [-0.3, -0.25) is 4.99 Å². The van der Waals surface area contributed by atoms with Crippen molar-refractivity contribution >= 4 is 29.9 Å². The Bertz CT molecular complexity index is 907. The number of methoxy groups -OCH3 is 2. The van der Waals surface area contributed by atoms with E-state index in [2.05, 4.69) is 22.5 Å². The molecule has 1 aliphatic rings. The fourth-order valence-corrected chi connectivity index (χ4v) is 3.42. The first-order chi connectivity index (χ1) is 13.9. The molecule has 0 fully saturated rings. The number of guanidine groups is 1. The average molecular weight is 529 g/mol. The lowest BCUT2D eigenvalue weighted by Gasteiger charge is -2.19. The number of ether oxygens (including phenoxy) is 3. The molecule has 0 saturated carbocycles. The number of halogens is 2. The molecule has 30 heavy (non-hydrogen) atoms. The highest BCUT2D eigenvalue weighted by Crippen LogP contribution is 2.35. The van der Waals surface area contributed by atoms with Crippen molar-refractivity contribution in [2.45, 2.75) is 39.0 Å². The molecule has 2 unspecified atom stereocenters. The van der Waals surface area contributed by atoms with Gasteiger partial charge in [-0.2, -0.15) is 0 Å². The van der Waals surface area contributed by atoms with Crippen molar-refractivity contribution in [1.82, 2.24) is 10.6 Å². The van der Waals surface area contributed by atoms with Crippen LogP contribution in [-0.4, -0.2) is 33.3 Å². The predicted molar refractivity (Wildman–Crippen MR) is 127 cm³/mol. The number of aliphatic imine (C=N–C) groups is 1. The molecule has 0 spiro atoms. The van der Waals surface area contributed by atoms with Crippen molar-refractivity contribution in [1.29, 1.82) is 0 Å². The van der Waals surface area contributed by atoms with E-state index in [-0.39, 0.29) is 41.9 Å². The Morgan fingerprint density at radius 3 is 2.60 bits per heavy atom. The fourth-order valence-electron chi connectivity index (χ4n) is 3.42. The number of nitrogens with one attached hydrogen (secondary N) is 2. The van der Waals surface area contributed by atoms with Gasteiger partial charge in [0.25, 0.3) is 0 Å². The molecular weight excluding hydrogens is 500 g/mol. The second-order valence-electron chi connectivity index (χ2n) is 7.09. The maximum absolute atomic E-state index is 14.0. The second-order valence-corrected chi connectivity index (χ2v) is 7.09. The first kappa shape index (κ1) is 24.0. The van der Waals surface area contributed by atoms with Gasteiger partial charge >= 0.3 is 0 Å². The van der Waals surface area contributed by atoms with E-state index in [9.17, 15) is 4.39 Å². The number of nitrogens with zero attached hydrogens (tertiary/aromatic N) is 1. The summed E-state index contributed by atoms with van der Waals surface area (Å²) in [4.78, 5) is 4.27. The second kappa shape index (κ2) is 10.7. The Morgan fingerprint density at radius 2 is 1.97 bits per heavy atom. The number of hydrogen-bond acceptors (Lipinski definition) is 4. The molecule has 164 valence electrons. The highest BCUT2D eigenvalue weighted by Gasteiger charge is 2.22. The molecule has 0 aromatic heterocycles. The zero-order chi connectivity index (χ0) is 21.0. The molecular formula is C22H29FIN3O3. The normalized spacial score (nSPS) is 16.1. The van der Waals surface area contributed by atoms with Gasteiger partial charge in [-0.1, -0.05) is 6.07 Å². The Kier molecular flexibility index (Phi) is 8.57. The summed E-state index contributed by atoms with van der Waals surface area (Å²) >= 11 is 0. The largest absolute Gasteiger partial charge is 0.496 e. The third-order valence-corrected chi connectivity index (χ3v) is 5.00. The van der Waals surface area contributed by atoms with E-state index in [4.69, 9.17) is 14.2 Å². The minimum atomic E-state index is -0.390. The molecule has 6 nitrogen and oxygen atoms in total. The van der Waals surface area contributed by atoms with Crippen LogP contribution in [0.5, 0.6) is 17.2 Å². The van der Waals surface area contributed by atoms with Crippen molar-refractivity contribution in [3.8, 4) is 17.2 Å². The first-order valence-corrected chi connectivity index (χ1v) is 9.62. The Morgan fingerprint density at radius 1 is 1.23 bits per heavy atom. The summed E-state index contributed by atoms with van der Waals surface area (Å²) in [6.07, 6.45) is 1.07. The summed E-state index contributed by atoms with van der Waals surface area (Å²) in [5, 5.41) is 6.56. The van der Waals surface area contributed by atoms with E-state index < -0.39 is 5.82 Å². The molecule has 2 N–H and O–H groups in total. The third-order valence-electron chi connectivity index (χ3n) is 5.00. The summed E-state index contributed by atoms with van der Waals surface area (Å²) in [5.41, 5.74) is 2.94. The number of hydrogen-bond donors (Lipinski definition) is 2. The number of benzene rings is 2. The van der Waals surface area contributed by atoms with Crippen molar-refractivity contribution in [3.05, 3.63) is 52.8 Å². The molecule has 0 amide bonds. The van der Waals surface area contributed by atoms with Crippen LogP contribution < -0.4 is 24.8 Å². The van der Waals surface area contributed by atoms with Crippen LogP contribution in [0, 0.1) is 5.82 Å². The molecule has 1 heterocycles. The lowest BCUT2D eigenvalue weighted by atomic mass is 10.1. The first-order valence-electron chi connectivity index (χ1n) is 9.62. The standard InChI is InChI=1S/C22H28FN3O3.HI/c1-13-8-16-10-20(28-5)17(11-21(16)29-13)12-25-22(24-3)26-14(2)15-6-7-19(27-4)18(23)9-15;/h6-7,9-11,13-14H,8,12H2,1-5H3,(H2,24,25,26);1H. The molecule has 2 aromatic carbocycles. The highest BCUT2D eigenvalue weighted by atomic mass is 127. The predicted octanol–water partition coefficient (Wildman–Crippen LogP) is 4.21. The van der Waals surface area contributed by atoms with E-state index in [0.29, 0.717) is 12.5 Å². The quantitative estimate of drug-likeness (QED) is 0.334. The average Bonchev–Trinajstić information content (AvgIpc) is 3.08. The molecule has 0 saturated heterocycles. The van der Waals surface area contributed by atoms with Gasteiger partial charge in [0.1, 0.15) is 17.6 Å². The summed E-state index contributed by atoms with van der Waals surface area (Å²) in [5.74, 6) is 2.16. The van der Waals surface area contributed by atoms with Crippen molar-refractivity contribution < 1.29 is 18.6 Å². The molecule has 1 aliphatic heterocycles. The topological polar surface area (TPSA) is 64.1 Å². The van der Waals surface area contributed by atoms with Gasteiger partial charge in [-0.25, -0.2) is 4.39 Å². The molecule has 2 aromatic rings. The van der Waals surface area contributed by atoms with E-state index in [1.807, 2.05) is 25.1 Å². The van der Waals surface area contributed by atoms with Crippen LogP contribution >= 0.6 is 24.0 Å². The zero-order valence-electron chi connectivity index (χ0n) is 17.9. The fraction of sp³-hybridized carbons (Fsp3) is 0.409. The Labute approximate surface area is 194 Å². The minimum Gasteiger partial charge on any atom is -0.496 e. The van der Waals surface area contributed by atoms with Crippen LogP contribution in [0.25, 0.3) is 0 Å². The van der Waals surface area contributed by atoms with Crippen LogP contribution in [0.2, 0.25) is 0 Å². The van der Waals surface area contributed by atoms with E-state index in [1.54, 1.807) is 20.2 Å². The van der Waals surface area contributed by atoms with Crippen molar-refractivity contribution in [2.24, 2.45) is 4.99 Å². The minimum absolute atomic E-state index is 0. The molecule has 0 aliphatic carbocycles. The van der Waals surface area contributed by atoms with Crippen LogP contribution in [0.3, 0.4) is 0 Å². The van der Waals surface area contributed by atoms with Gasteiger partial charge in [0.05, 0.1) is 20.3 Å². The van der Waals surface area contributed by atoms with Gasteiger partial charge in [-0.15, -0.1) is 24.0 Å².